The molecular weight excluding hydrogens is 382 g/mol. The maximum Gasteiger partial charge on any atom is 0.337 e. The standard InChI is InChI=1S/C20H17NO4S2/c1-3-25-16-10-4-13(5-11-16)12-17-18(22)21(20(26)27-17)15-8-6-14(7-9-15)19(23)24-2/h4-12H,3H2,1-2H3/b17-12-. The number of nitrogens with zero attached hydrogens (tertiary/aromatic N) is 1. The molecule has 0 spiro atoms. The highest BCUT2D eigenvalue weighted by Gasteiger charge is 2.33. The summed E-state index contributed by atoms with van der Waals surface area (Å²) in [4.78, 5) is 26.3. The number of carbonyl (C=O) groups excluding carboxylic acids is 2. The predicted octanol–water partition coefficient (Wildman–Crippen LogP) is 4.28. The second-order valence-electron chi connectivity index (χ2n) is 5.56. The number of thiocarbonyl (C=S) groups is 1. The second-order valence-corrected chi connectivity index (χ2v) is 7.23. The van der Waals surface area contributed by atoms with Gasteiger partial charge in [0.05, 0.1) is 29.9 Å². The minimum absolute atomic E-state index is 0.190. The van der Waals surface area contributed by atoms with Crippen molar-refractivity contribution in [3.63, 3.8) is 0 Å². The Labute approximate surface area is 167 Å². The van der Waals surface area contributed by atoms with E-state index in [1.165, 1.54) is 23.8 Å². The summed E-state index contributed by atoms with van der Waals surface area (Å²) in [6, 6.07) is 14.1. The van der Waals surface area contributed by atoms with Crippen LogP contribution in [0.25, 0.3) is 6.08 Å². The zero-order valence-corrected chi connectivity index (χ0v) is 16.4. The van der Waals surface area contributed by atoms with Gasteiger partial charge in [-0.1, -0.05) is 36.1 Å². The average Bonchev–Trinajstić information content (AvgIpc) is 2.96. The number of rotatable bonds is 5. The van der Waals surface area contributed by atoms with Gasteiger partial charge in [-0.15, -0.1) is 0 Å². The molecular formula is C20H17NO4S2. The van der Waals surface area contributed by atoms with E-state index in [-0.39, 0.29) is 5.91 Å². The fourth-order valence-electron chi connectivity index (χ4n) is 2.53. The lowest BCUT2D eigenvalue weighted by Gasteiger charge is -2.14. The van der Waals surface area contributed by atoms with E-state index in [1.54, 1.807) is 30.3 Å². The number of thioether (sulfide) groups is 1. The smallest absolute Gasteiger partial charge is 0.337 e. The number of benzene rings is 2. The van der Waals surface area contributed by atoms with E-state index in [4.69, 9.17) is 17.0 Å². The van der Waals surface area contributed by atoms with Gasteiger partial charge in [0, 0.05) is 0 Å². The number of hydrogen-bond donors (Lipinski definition) is 0. The lowest BCUT2D eigenvalue weighted by molar-refractivity contribution is -0.113. The number of anilines is 1. The molecule has 2 aromatic carbocycles. The van der Waals surface area contributed by atoms with Crippen LogP contribution in [0.3, 0.4) is 0 Å². The first-order valence-electron chi connectivity index (χ1n) is 8.22. The van der Waals surface area contributed by atoms with Crippen molar-refractivity contribution in [3.8, 4) is 5.75 Å². The van der Waals surface area contributed by atoms with E-state index in [0.29, 0.717) is 27.1 Å². The van der Waals surface area contributed by atoms with Crippen molar-refractivity contribution >= 4 is 51.9 Å². The summed E-state index contributed by atoms with van der Waals surface area (Å²) in [6.07, 6.45) is 1.80. The summed E-state index contributed by atoms with van der Waals surface area (Å²) >= 11 is 6.62. The Morgan fingerprint density at radius 1 is 1.15 bits per heavy atom. The molecule has 3 rings (SSSR count). The summed E-state index contributed by atoms with van der Waals surface area (Å²) in [7, 11) is 1.32. The zero-order valence-electron chi connectivity index (χ0n) is 14.8. The summed E-state index contributed by atoms with van der Waals surface area (Å²) < 4.78 is 10.6. The van der Waals surface area contributed by atoms with E-state index in [0.717, 1.165) is 11.3 Å². The van der Waals surface area contributed by atoms with Crippen LogP contribution in [-0.4, -0.2) is 29.9 Å². The molecule has 1 aliphatic heterocycles. The van der Waals surface area contributed by atoms with Crippen LogP contribution >= 0.6 is 24.0 Å². The van der Waals surface area contributed by atoms with Gasteiger partial charge in [-0.05, 0) is 55.0 Å². The van der Waals surface area contributed by atoms with Crippen LogP contribution in [0.5, 0.6) is 5.75 Å². The van der Waals surface area contributed by atoms with Crippen molar-refractivity contribution in [2.45, 2.75) is 6.92 Å². The van der Waals surface area contributed by atoms with Crippen LogP contribution < -0.4 is 9.64 Å². The quantitative estimate of drug-likeness (QED) is 0.425. The molecule has 0 aromatic heterocycles. The molecule has 1 fully saturated rings. The number of esters is 1. The molecule has 2 aromatic rings. The van der Waals surface area contributed by atoms with Gasteiger partial charge in [0.25, 0.3) is 5.91 Å². The monoisotopic (exact) mass is 399 g/mol. The fourth-order valence-corrected chi connectivity index (χ4v) is 3.83. The van der Waals surface area contributed by atoms with Gasteiger partial charge in [0.1, 0.15) is 5.75 Å². The summed E-state index contributed by atoms with van der Waals surface area (Å²) in [5.74, 6) is 0.167. The van der Waals surface area contributed by atoms with Crippen LogP contribution in [0.1, 0.15) is 22.8 Å². The Kier molecular flexibility index (Phi) is 5.93. The van der Waals surface area contributed by atoms with Crippen LogP contribution in [0.15, 0.2) is 53.4 Å². The van der Waals surface area contributed by atoms with E-state index in [9.17, 15) is 9.59 Å². The third kappa shape index (κ3) is 4.20. The topological polar surface area (TPSA) is 55.8 Å². The highest BCUT2D eigenvalue weighted by atomic mass is 32.2. The maximum atomic E-state index is 12.8. The Bertz CT molecular complexity index is 905. The second kappa shape index (κ2) is 8.37. The number of methoxy groups -OCH3 is 1. The minimum atomic E-state index is -0.428. The predicted molar refractivity (Wildman–Crippen MR) is 111 cm³/mol. The lowest BCUT2D eigenvalue weighted by atomic mass is 10.2. The SMILES string of the molecule is CCOc1ccc(/C=C2\SC(=S)N(c3ccc(C(=O)OC)cc3)C2=O)cc1. The molecule has 0 N–H and O–H groups in total. The molecule has 5 nitrogen and oxygen atoms in total. The molecule has 1 heterocycles. The van der Waals surface area contributed by atoms with Gasteiger partial charge in [-0.3, -0.25) is 9.69 Å². The van der Waals surface area contributed by atoms with Crippen molar-refractivity contribution in [2.75, 3.05) is 18.6 Å². The first-order valence-corrected chi connectivity index (χ1v) is 9.45. The van der Waals surface area contributed by atoms with Crippen molar-refractivity contribution in [3.05, 3.63) is 64.6 Å². The molecule has 0 radical (unpaired) electrons. The normalized spacial score (nSPS) is 15.3. The molecule has 0 atom stereocenters. The third-order valence-electron chi connectivity index (χ3n) is 3.83. The molecule has 27 heavy (non-hydrogen) atoms. The minimum Gasteiger partial charge on any atom is -0.494 e. The molecule has 0 aliphatic carbocycles. The lowest BCUT2D eigenvalue weighted by Crippen LogP contribution is -2.27. The fraction of sp³-hybridized carbons (Fsp3) is 0.150. The van der Waals surface area contributed by atoms with Crippen molar-refractivity contribution < 1.29 is 19.1 Å². The van der Waals surface area contributed by atoms with Crippen molar-refractivity contribution in [2.24, 2.45) is 0 Å². The molecule has 0 bridgehead atoms. The van der Waals surface area contributed by atoms with Crippen molar-refractivity contribution in [1.29, 1.82) is 0 Å². The van der Waals surface area contributed by atoms with Crippen LogP contribution in [0.4, 0.5) is 5.69 Å². The van der Waals surface area contributed by atoms with E-state index in [2.05, 4.69) is 4.74 Å². The molecule has 0 unspecified atom stereocenters. The van der Waals surface area contributed by atoms with Gasteiger partial charge in [0.2, 0.25) is 0 Å². The number of ether oxygens (including phenoxy) is 2. The van der Waals surface area contributed by atoms with Crippen LogP contribution in [0, 0.1) is 0 Å². The molecule has 1 amide bonds. The van der Waals surface area contributed by atoms with Gasteiger partial charge in [-0.25, -0.2) is 4.79 Å². The van der Waals surface area contributed by atoms with E-state index >= 15 is 0 Å². The first kappa shape index (κ1) is 19.1. The van der Waals surface area contributed by atoms with Gasteiger partial charge < -0.3 is 9.47 Å². The summed E-state index contributed by atoms with van der Waals surface area (Å²) in [5.41, 5.74) is 1.91. The Morgan fingerprint density at radius 3 is 2.41 bits per heavy atom. The Morgan fingerprint density at radius 2 is 1.81 bits per heavy atom. The Balaban J connectivity index is 1.81. The van der Waals surface area contributed by atoms with Crippen molar-refractivity contribution in [1.82, 2.24) is 0 Å². The van der Waals surface area contributed by atoms with Gasteiger partial charge in [-0.2, -0.15) is 0 Å². The summed E-state index contributed by atoms with van der Waals surface area (Å²) in [5, 5.41) is 0. The largest absolute Gasteiger partial charge is 0.494 e. The number of hydrogen-bond acceptors (Lipinski definition) is 6. The maximum absolute atomic E-state index is 12.8. The average molecular weight is 399 g/mol. The van der Waals surface area contributed by atoms with Gasteiger partial charge >= 0.3 is 5.97 Å². The molecule has 0 saturated carbocycles. The Hall–Kier alpha value is -2.64. The van der Waals surface area contributed by atoms with E-state index in [1.807, 2.05) is 31.2 Å². The summed E-state index contributed by atoms with van der Waals surface area (Å²) in [6.45, 7) is 2.53. The molecule has 1 saturated heterocycles. The van der Waals surface area contributed by atoms with E-state index < -0.39 is 5.97 Å². The van der Waals surface area contributed by atoms with Crippen LogP contribution in [-0.2, 0) is 9.53 Å². The first-order chi connectivity index (χ1) is 13.0. The molecule has 1 aliphatic rings. The third-order valence-corrected chi connectivity index (χ3v) is 5.13. The molecule has 7 heteroatoms. The number of carbonyl (C=O) groups is 2. The van der Waals surface area contributed by atoms with Gasteiger partial charge in [0.15, 0.2) is 4.32 Å². The zero-order chi connectivity index (χ0) is 19.4. The highest BCUT2D eigenvalue weighted by molar-refractivity contribution is 8.27. The number of amides is 1. The molecule has 138 valence electrons. The van der Waals surface area contributed by atoms with Crippen LogP contribution in [0.2, 0.25) is 0 Å². The highest BCUT2D eigenvalue weighted by Crippen LogP contribution is 2.36.